The molecular weight excluding hydrogens is 224 g/mol. The van der Waals surface area contributed by atoms with Gasteiger partial charge in [0.15, 0.2) is 0 Å². The minimum Gasteiger partial charge on any atom is -0.481 e. The lowest BCUT2D eigenvalue weighted by Crippen LogP contribution is -2.48. The Morgan fingerprint density at radius 1 is 1.53 bits per heavy atom. The van der Waals surface area contributed by atoms with Crippen LogP contribution in [0, 0.1) is 5.92 Å². The topological polar surface area (TPSA) is 81.1 Å². The fraction of sp³-hybridized carbons (Fsp3) is 0.818. The summed E-state index contributed by atoms with van der Waals surface area (Å²) < 4.78 is 0. The van der Waals surface area contributed by atoms with E-state index in [0.29, 0.717) is 13.0 Å². The van der Waals surface area contributed by atoms with Crippen LogP contribution in [0.25, 0.3) is 0 Å². The number of carbonyl (C=O) groups is 2. The summed E-state index contributed by atoms with van der Waals surface area (Å²) in [4.78, 5) is 26.0. The number of likely N-dealkylation sites (tertiary alicyclic amines) is 1. The zero-order valence-electron chi connectivity index (χ0n) is 10.5. The molecule has 0 radical (unpaired) electrons. The molecule has 98 valence electrons. The molecule has 0 bridgehead atoms. The van der Waals surface area contributed by atoms with Crippen molar-refractivity contribution in [1.82, 2.24) is 9.80 Å². The van der Waals surface area contributed by atoms with Gasteiger partial charge in [-0.15, -0.1) is 0 Å². The van der Waals surface area contributed by atoms with Gasteiger partial charge in [0.05, 0.1) is 18.6 Å². The average Bonchev–Trinajstić information content (AvgIpc) is 2.68. The van der Waals surface area contributed by atoms with Gasteiger partial charge in [-0.2, -0.15) is 0 Å². The van der Waals surface area contributed by atoms with Gasteiger partial charge in [0, 0.05) is 19.6 Å². The number of aliphatic carboxylic acids is 1. The third-order valence-electron chi connectivity index (χ3n) is 3.54. The van der Waals surface area contributed by atoms with Crippen molar-refractivity contribution in [3.63, 3.8) is 0 Å². The molecule has 1 heterocycles. The highest BCUT2D eigenvalue weighted by atomic mass is 16.4. The number of rotatable bonds is 3. The normalized spacial score (nSPS) is 25.8. The van der Waals surface area contributed by atoms with E-state index in [-0.39, 0.29) is 24.7 Å². The lowest BCUT2D eigenvalue weighted by molar-refractivity contribution is -0.142. The first kappa shape index (κ1) is 13.8. The molecule has 0 aromatic carbocycles. The van der Waals surface area contributed by atoms with Gasteiger partial charge in [-0.3, -0.25) is 4.79 Å². The van der Waals surface area contributed by atoms with Crippen LogP contribution in [-0.4, -0.2) is 64.3 Å². The number of carbonyl (C=O) groups excluding carboxylic acids is 1. The van der Waals surface area contributed by atoms with Crippen LogP contribution in [0.4, 0.5) is 4.79 Å². The van der Waals surface area contributed by atoms with Gasteiger partial charge >= 0.3 is 12.0 Å². The summed E-state index contributed by atoms with van der Waals surface area (Å²) >= 11 is 0. The van der Waals surface area contributed by atoms with Crippen molar-refractivity contribution in [2.75, 3.05) is 20.2 Å². The van der Waals surface area contributed by atoms with Gasteiger partial charge < -0.3 is 20.0 Å². The SMILES string of the molecule is CC(CO)N(C)C(=O)N1CCC(C(=O)O)C1C. The Bertz CT molecular complexity index is 308. The molecule has 1 saturated heterocycles. The molecule has 3 atom stereocenters. The number of hydrogen-bond donors (Lipinski definition) is 2. The minimum atomic E-state index is -0.856. The van der Waals surface area contributed by atoms with E-state index >= 15 is 0 Å². The van der Waals surface area contributed by atoms with Crippen molar-refractivity contribution < 1.29 is 19.8 Å². The maximum absolute atomic E-state index is 12.1. The number of carboxylic acids is 1. The number of likely N-dealkylation sites (N-methyl/N-ethyl adjacent to an activating group) is 1. The van der Waals surface area contributed by atoms with Crippen LogP contribution in [0.5, 0.6) is 0 Å². The molecule has 0 aromatic rings. The lowest BCUT2D eigenvalue weighted by Gasteiger charge is -2.31. The summed E-state index contributed by atoms with van der Waals surface area (Å²) in [6.45, 7) is 3.85. The zero-order valence-corrected chi connectivity index (χ0v) is 10.5. The molecule has 3 unspecified atom stereocenters. The monoisotopic (exact) mass is 244 g/mol. The molecule has 2 N–H and O–H groups in total. The first-order valence-corrected chi connectivity index (χ1v) is 5.77. The smallest absolute Gasteiger partial charge is 0.320 e. The standard InChI is InChI=1S/C11H20N2O4/c1-7(6-14)12(3)11(17)13-5-4-9(8(13)2)10(15)16/h7-9,14H,4-6H2,1-3H3,(H,15,16). The maximum Gasteiger partial charge on any atom is 0.320 e. The quantitative estimate of drug-likeness (QED) is 0.744. The first-order chi connectivity index (χ1) is 7.90. The number of hydrogen-bond acceptors (Lipinski definition) is 3. The van der Waals surface area contributed by atoms with E-state index in [1.54, 1.807) is 25.8 Å². The van der Waals surface area contributed by atoms with E-state index in [1.165, 1.54) is 4.90 Å². The predicted molar refractivity (Wildman–Crippen MR) is 61.6 cm³/mol. The van der Waals surface area contributed by atoms with Crippen LogP contribution in [0.1, 0.15) is 20.3 Å². The van der Waals surface area contributed by atoms with Gasteiger partial charge in [-0.25, -0.2) is 4.79 Å². The second-order valence-electron chi connectivity index (χ2n) is 4.59. The van der Waals surface area contributed by atoms with Crippen molar-refractivity contribution in [3.05, 3.63) is 0 Å². The third-order valence-corrected chi connectivity index (χ3v) is 3.54. The van der Waals surface area contributed by atoms with Crippen molar-refractivity contribution >= 4 is 12.0 Å². The van der Waals surface area contributed by atoms with Crippen molar-refractivity contribution in [1.29, 1.82) is 0 Å². The maximum atomic E-state index is 12.1. The number of amides is 2. The number of carboxylic acid groups (broad SMARTS) is 1. The summed E-state index contributed by atoms with van der Waals surface area (Å²) in [5.74, 6) is -1.34. The second kappa shape index (κ2) is 5.35. The number of nitrogens with zero attached hydrogens (tertiary/aromatic N) is 2. The molecular formula is C11H20N2O4. The van der Waals surface area contributed by atoms with E-state index in [1.807, 2.05) is 0 Å². The molecule has 0 aliphatic carbocycles. The molecule has 1 aliphatic heterocycles. The summed E-state index contributed by atoms with van der Waals surface area (Å²) in [5.41, 5.74) is 0. The average molecular weight is 244 g/mol. The molecule has 6 nitrogen and oxygen atoms in total. The molecule has 17 heavy (non-hydrogen) atoms. The zero-order chi connectivity index (χ0) is 13.2. The van der Waals surface area contributed by atoms with Gasteiger partial charge in [-0.05, 0) is 20.3 Å². The van der Waals surface area contributed by atoms with E-state index in [0.717, 1.165) is 0 Å². The fourth-order valence-electron chi connectivity index (χ4n) is 2.05. The van der Waals surface area contributed by atoms with Crippen LogP contribution in [0.2, 0.25) is 0 Å². The van der Waals surface area contributed by atoms with Crippen LogP contribution in [-0.2, 0) is 4.79 Å². The Morgan fingerprint density at radius 2 is 2.12 bits per heavy atom. The summed E-state index contributed by atoms with van der Waals surface area (Å²) in [7, 11) is 1.62. The first-order valence-electron chi connectivity index (χ1n) is 5.77. The summed E-state index contributed by atoms with van der Waals surface area (Å²) in [5, 5.41) is 18.0. The van der Waals surface area contributed by atoms with Gasteiger partial charge in [0.25, 0.3) is 0 Å². The Balaban J connectivity index is 2.69. The predicted octanol–water partition coefficient (Wildman–Crippen LogP) is 0.214. The van der Waals surface area contributed by atoms with E-state index in [4.69, 9.17) is 10.2 Å². The number of aliphatic hydroxyl groups is 1. The van der Waals surface area contributed by atoms with Crippen molar-refractivity contribution in [2.45, 2.75) is 32.4 Å². The molecule has 0 aromatic heterocycles. The van der Waals surface area contributed by atoms with Crippen LogP contribution < -0.4 is 0 Å². The fourth-order valence-corrected chi connectivity index (χ4v) is 2.05. The molecule has 6 heteroatoms. The molecule has 0 saturated carbocycles. The van der Waals surface area contributed by atoms with Crippen molar-refractivity contribution in [2.24, 2.45) is 5.92 Å². The largest absolute Gasteiger partial charge is 0.481 e. The Labute approximate surface area is 101 Å². The second-order valence-corrected chi connectivity index (χ2v) is 4.59. The van der Waals surface area contributed by atoms with Crippen LogP contribution in [0.3, 0.4) is 0 Å². The highest BCUT2D eigenvalue weighted by Crippen LogP contribution is 2.25. The van der Waals surface area contributed by atoms with Gasteiger partial charge in [0.2, 0.25) is 0 Å². The summed E-state index contributed by atoms with van der Waals surface area (Å²) in [6, 6.07) is -0.783. The van der Waals surface area contributed by atoms with Gasteiger partial charge in [0.1, 0.15) is 0 Å². The number of aliphatic hydroxyl groups excluding tert-OH is 1. The number of urea groups is 1. The van der Waals surface area contributed by atoms with E-state index in [2.05, 4.69) is 0 Å². The summed E-state index contributed by atoms with van der Waals surface area (Å²) in [6.07, 6.45) is 0.490. The van der Waals surface area contributed by atoms with Crippen molar-refractivity contribution in [3.8, 4) is 0 Å². The molecule has 2 amide bonds. The van der Waals surface area contributed by atoms with Crippen LogP contribution in [0.15, 0.2) is 0 Å². The van der Waals surface area contributed by atoms with E-state index < -0.39 is 11.9 Å². The highest BCUT2D eigenvalue weighted by molar-refractivity contribution is 5.78. The molecule has 0 spiro atoms. The molecule has 1 aliphatic rings. The Hall–Kier alpha value is -1.30. The lowest BCUT2D eigenvalue weighted by atomic mass is 10.0. The highest BCUT2D eigenvalue weighted by Gasteiger charge is 2.39. The van der Waals surface area contributed by atoms with Gasteiger partial charge in [-0.1, -0.05) is 0 Å². The molecule has 1 rings (SSSR count). The third kappa shape index (κ3) is 2.69. The molecule has 1 fully saturated rings. The van der Waals surface area contributed by atoms with Crippen LogP contribution >= 0.6 is 0 Å². The Kier molecular flexibility index (Phi) is 4.34. The minimum absolute atomic E-state index is 0.104. The van der Waals surface area contributed by atoms with E-state index in [9.17, 15) is 9.59 Å². The Morgan fingerprint density at radius 3 is 2.53 bits per heavy atom.